The van der Waals surface area contributed by atoms with Gasteiger partial charge in [0.25, 0.3) is 5.91 Å². The average molecular weight is 286 g/mol. The zero-order valence-corrected chi connectivity index (χ0v) is 12.9. The van der Waals surface area contributed by atoms with Gasteiger partial charge >= 0.3 is 0 Å². The lowest BCUT2D eigenvalue weighted by atomic mass is 9.88. The van der Waals surface area contributed by atoms with E-state index in [-0.39, 0.29) is 17.4 Å². The Morgan fingerprint density at radius 1 is 1.29 bits per heavy atom. The fraction of sp³-hybridized carbons (Fsp3) is 0.375. The van der Waals surface area contributed by atoms with Crippen molar-refractivity contribution in [3.63, 3.8) is 0 Å². The Morgan fingerprint density at radius 3 is 2.57 bits per heavy atom. The van der Waals surface area contributed by atoms with Crippen LogP contribution in [0.2, 0.25) is 0 Å². The van der Waals surface area contributed by atoms with E-state index in [9.17, 15) is 4.79 Å². The Kier molecular flexibility index (Phi) is 4.14. The molecule has 0 fully saturated rings. The van der Waals surface area contributed by atoms with Crippen molar-refractivity contribution in [1.82, 2.24) is 10.3 Å². The summed E-state index contributed by atoms with van der Waals surface area (Å²) in [5, 5.41) is 3.87. The minimum absolute atomic E-state index is 0.0124. The van der Waals surface area contributed by atoms with Crippen molar-refractivity contribution in [2.45, 2.75) is 33.7 Å². The summed E-state index contributed by atoms with van der Waals surface area (Å²) in [5.41, 5.74) is 4.40. The maximum Gasteiger partial charge on any atom is 0.270 e. The molecule has 1 aromatic heterocycles. The van der Waals surface area contributed by atoms with E-state index >= 15 is 0 Å². The molecular weight excluding hydrogens is 264 g/mol. The number of hydrogen-bond donors (Lipinski definition) is 3. The van der Waals surface area contributed by atoms with Crippen LogP contribution in [0.4, 0.5) is 5.69 Å². The van der Waals surface area contributed by atoms with Crippen LogP contribution in [0.5, 0.6) is 0 Å². The Hall–Kier alpha value is -2.14. The van der Waals surface area contributed by atoms with Crippen LogP contribution in [0.25, 0.3) is 10.9 Å². The van der Waals surface area contributed by atoms with Crippen molar-refractivity contribution in [3.8, 4) is 0 Å². The maximum atomic E-state index is 12.4. The number of nitrogens with one attached hydrogen (secondary N) is 2. The van der Waals surface area contributed by atoms with Crippen LogP contribution < -0.4 is 16.6 Å². The van der Waals surface area contributed by atoms with Gasteiger partial charge in [0.05, 0.1) is 11.2 Å². The van der Waals surface area contributed by atoms with Crippen LogP contribution in [0.3, 0.4) is 0 Å². The minimum atomic E-state index is -0.195. The third-order valence-corrected chi connectivity index (χ3v) is 3.75. The van der Waals surface area contributed by atoms with E-state index in [1.54, 1.807) is 6.07 Å². The van der Waals surface area contributed by atoms with Crippen LogP contribution in [0.1, 0.15) is 38.2 Å². The summed E-state index contributed by atoms with van der Waals surface area (Å²) in [5.74, 6) is 5.35. The number of anilines is 1. The Morgan fingerprint density at radius 2 is 1.95 bits per heavy atom. The highest BCUT2D eigenvalue weighted by Gasteiger charge is 2.23. The molecule has 0 saturated carbocycles. The molecule has 5 heteroatoms. The van der Waals surface area contributed by atoms with Gasteiger partial charge in [0.1, 0.15) is 5.69 Å². The molecule has 1 aromatic carbocycles. The van der Waals surface area contributed by atoms with Gasteiger partial charge in [-0.3, -0.25) is 10.6 Å². The summed E-state index contributed by atoms with van der Waals surface area (Å²) in [6.45, 7) is 8.23. The molecule has 112 valence electrons. The van der Waals surface area contributed by atoms with Gasteiger partial charge in [-0.05, 0) is 24.5 Å². The molecule has 0 aliphatic rings. The Bertz CT molecular complexity index is 661. The van der Waals surface area contributed by atoms with Crippen molar-refractivity contribution in [2.24, 2.45) is 11.3 Å². The van der Waals surface area contributed by atoms with E-state index in [0.29, 0.717) is 11.4 Å². The number of para-hydroxylation sites is 1. The van der Waals surface area contributed by atoms with Gasteiger partial charge in [-0.15, -0.1) is 0 Å². The lowest BCUT2D eigenvalue weighted by Gasteiger charge is -2.28. The normalized spacial score (nSPS) is 13.0. The fourth-order valence-electron chi connectivity index (χ4n) is 1.90. The second kappa shape index (κ2) is 5.69. The van der Waals surface area contributed by atoms with Crippen molar-refractivity contribution in [2.75, 3.05) is 5.43 Å². The van der Waals surface area contributed by atoms with Gasteiger partial charge < -0.3 is 10.7 Å². The highest BCUT2D eigenvalue weighted by atomic mass is 16.1. The largest absolute Gasteiger partial charge is 0.348 e. The molecule has 1 atom stereocenters. The van der Waals surface area contributed by atoms with Crippen LogP contribution in [-0.2, 0) is 0 Å². The first-order chi connectivity index (χ1) is 9.82. The standard InChI is InChI=1S/C16H22N4O/c1-10(16(2,3)4)18-15(21)14-9-13(20-17)11-7-5-6-8-12(11)19-14/h5-10H,17H2,1-4H3,(H,18,21)(H,19,20). The number of carbonyl (C=O) groups is 1. The van der Waals surface area contributed by atoms with Crippen molar-refractivity contribution in [1.29, 1.82) is 0 Å². The Balaban J connectivity index is 2.36. The van der Waals surface area contributed by atoms with E-state index in [4.69, 9.17) is 5.84 Å². The summed E-state index contributed by atoms with van der Waals surface area (Å²) < 4.78 is 0. The second-order valence-corrected chi connectivity index (χ2v) is 6.28. The average Bonchev–Trinajstić information content (AvgIpc) is 2.44. The van der Waals surface area contributed by atoms with Crippen molar-refractivity contribution < 1.29 is 4.79 Å². The van der Waals surface area contributed by atoms with Gasteiger partial charge in [0.15, 0.2) is 0 Å². The number of nitrogens with zero attached hydrogens (tertiary/aromatic N) is 1. The fourth-order valence-corrected chi connectivity index (χ4v) is 1.90. The molecule has 0 saturated heterocycles. The SMILES string of the molecule is CC(NC(=O)c1cc(NN)c2ccccc2n1)C(C)(C)C. The van der Waals surface area contributed by atoms with E-state index in [2.05, 4.69) is 36.5 Å². The van der Waals surface area contributed by atoms with E-state index in [1.165, 1.54) is 0 Å². The first-order valence-electron chi connectivity index (χ1n) is 7.00. The number of pyridine rings is 1. The Labute approximate surface area is 124 Å². The number of nitrogen functional groups attached to an aromatic ring is 1. The molecule has 0 spiro atoms. The molecule has 2 aromatic rings. The van der Waals surface area contributed by atoms with Crippen molar-refractivity contribution in [3.05, 3.63) is 36.0 Å². The quantitative estimate of drug-likeness (QED) is 0.598. The van der Waals surface area contributed by atoms with Gasteiger partial charge in [0, 0.05) is 11.4 Å². The third-order valence-electron chi connectivity index (χ3n) is 3.75. The predicted octanol–water partition coefficient (Wildman–Crippen LogP) is 2.68. The number of hydrogen-bond acceptors (Lipinski definition) is 4. The lowest BCUT2D eigenvalue weighted by molar-refractivity contribution is 0.0905. The molecule has 1 unspecified atom stereocenters. The smallest absolute Gasteiger partial charge is 0.270 e. The van der Waals surface area contributed by atoms with E-state index in [1.807, 2.05) is 31.2 Å². The maximum absolute atomic E-state index is 12.4. The molecule has 0 radical (unpaired) electrons. The number of amides is 1. The zero-order chi connectivity index (χ0) is 15.6. The molecule has 5 nitrogen and oxygen atoms in total. The molecule has 0 aliphatic heterocycles. The first kappa shape index (κ1) is 15.3. The van der Waals surface area contributed by atoms with Crippen LogP contribution >= 0.6 is 0 Å². The van der Waals surface area contributed by atoms with Crippen molar-refractivity contribution >= 4 is 22.5 Å². The monoisotopic (exact) mass is 286 g/mol. The number of hydrazine groups is 1. The predicted molar refractivity (Wildman–Crippen MR) is 85.9 cm³/mol. The summed E-state index contributed by atoms with van der Waals surface area (Å²) in [7, 11) is 0. The topological polar surface area (TPSA) is 80.0 Å². The number of benzene rings is 1. The van der Waals surface area contributed by atoms with E-state index < -0.39 is 0 Å². The highest BCUT2D eigenvalue weighted by Crippen LogP contribution is 2.23. The molecule has 1 heterocycles. The molecular formula is C16H22N4O. The number of fused-ring (bicyclic) bond motifs is 1. The van der Waals surface area contributed by atoms with Gasteiger partial charge in [0.2, 0.25) is 0 Å². The minimum Gasteiger partial charge on any atom is -0.348 e. The molecule has 2 rings (SSSR count). The molecule has 21 heavy (non-hydrogen) atoms. The van der Waals surface area contributed by atoms with Gasteiger partial charge in [-0.2, -0.15) is 0 Å². The first-order valence-corrected chi connectivity index (χ1v) is 7.00. The van der Waals surface area contributed by atoms with Gasteiger partial charge in [-0.25, -0.2) is 4.98 Å². The number of rotatable bonds is 3. The molecule has 0 aliphatic carbocycles. The summed E-state index contributed by atoms with van der Waals surface area (Å²) in [4.78, 5) is 16.8. The molecule has 1 amide bonds. The lowest BCUT2D eigenvalue weighted by Crippen LogP contribution is -2.41. The summed E-state index contributed by atoms with van der Waals surface area (Å²) >= 11 is 0. The number of carbonyl (C=O) groups excluding carboxylic acids is 1. The van der Waals surface area contributed by atoms with E-state index in [0.717, 1.165) is 10.9 Å². The van der Waals surface area contributed by atoms with Crippen LogP contribution in [0.15, 0.2) is 30.3 Å². The van der Waals surface area contributed by atoms with Crippen LogP contribution in [-0.4, -0.2) is 16.9 Å². The highest BCUT2D eigenvalue weighted by molar-refractivity contribution is 5.99. The zero-order valence-electron chi connectivity index (χ0n) is 12.9. The third kappa shape index (κ3) is 3.31. The molecule has 0 bridgehead atoms. The number of nitrogens with two attached hydrogens (primary N) is 1. The molecule has 4 N–H and O–H groups in total. The van der Waals surface area contributed by atoms with Gasteiger partial charge in [-0.1, -0.05) is 39.0 Å². The number of aromatic nitrogens is 1. The summed E-state index contributed by atoms with van der Waals surface area (Å²) in [6, 6.07) is 9.28. The second-order valence-electron chi connectivity index (χ2n) is 6.28. The van der Waals surface area contributed by atoms with Crippen LogP contribution in [0, 0.1) is 5.41 Å². The summed E-state index contributed by atoms with van der Waals surface area (Å²) in [6.07, 6.45) is 0.